The van der Waals surface area contributed by atoms with Gasteiger partial charge in [0.1, 0.15) is 6.54 Å². The van der Waals surface area contributed by atoms with Gasteiger partial charge in [0.25, 0.3) is 0 Å². The molecule has 0 atom stereocenters. The SMILES string of the molecule is Cc1cccc2c(N)c3cccc(C([O-])=NCC[N+](C)(C)Cc4ccc([N+](=O)[O-])n4C)c3nc12. The molecule has 2 aromatic carbocycles. The van der Waals surface area contributed by atoms with E-state index in [2.05, 4.69) is 4.99 Å². The number of aliphatic imine (C=N–C) groups is 1. The lowest BCUT2D eigenvalue weighted by Crippen LogP contribution is -2.41. The number of aromatic nitrogens is 2. The number of rotatable bonds is 7. The first-order valence-electron chi connectivity index (χ1n) is 11.0. The van der Waals surface area contributed by atoms with Crippen molar-refractivity contribution in [1.29, 1.82) is 0 Å². The first kappa shape index (κ1) is 23.2. The van der Waals surface area contributed by atoms with Crippen LogP contribution < -0.4 is 10.8 Å². The Morgan fingerprint density at radius 1 is 1.12 bits per heavy atom. The Morgan fingerprint density at radius 2 is 1.79 bits per heavy atom. The zero-order valence-electron chi connectivity index (χ0n) is 19.8. The Bertz CT molecular complexity index is 1440. The molecule has 4 rings (SSSR count). The molecule has 9 heteroatoms. The summed E-state index contributed by atoms with van der Waals surface area (Å²) in [7, 11) is 5.70. The van der Waals surface area contributed by atoms with Crippen molar-refractivity contribution in [2.24, 2.45) is 12.0 Å². The van der Waals surface area contributed by atoms with Crippen LogP contribution in [0.5, 0.6) is 0 Å². The summed E-state index contributed by atoms with van der Waals surface area (Å²) < 4.78 is 2.11. The molecule has 9 nitrogen and oxygen atoms in total. The number of anilines is 1. The molecule has 2 N–H and O–H groups in total. The average molecular weight is 461 g/mol. The lowest BCUT2D eigenvalue weighted by Gasteiger charge is -2.28. The Labute approximate surface area is 197 Å². The van der Waals surface area contributed by atoms with Gasteiger partial charge in [-0.05, 0) is 29.4 Å². The van der Waals surface area contributed by atoms with E-state index in [1.165, 1.54) is 6.07 Å². The number of nitrogens with zero attached hydrogens (tertiary/aromatic N) is 5. The number of pyridine rings is 1. The second-order valence-electron chi connectivity index (χ2n) is 9.20. The Balaban J connectivity index is 1.58. The Hall–Kier alpha value is -3.98. The number of para-hydroxylation sites is 2. The second kappa shape index (κ2) is 8.75. The second-order valence-corrected chi connectivity index (χ2v) is 9.20. The summed E-state index contributed by atoms with van der Waals surface area (Å²) in [5.41, 5.74) is 10.6. The summed E-state index contributed by atoms with van der Waals surface area (Å²) >= 11 is 0. The van der Waals surface area contributed by atoms with Crippen molar-refractivity contribution < 1.29 is 14.5 Å². The highest BCUT2D eigenvalue weighted by Crippen LogP contribution is 2.31. The average Bonchev–Trinajstić information content (AvgIpc) is 3.13. The van der Waals surface area contributed by atoms with Crippen molar-refractivity contribution in [1.82, 2.24) is 9.55 Å². The van der Waals surface area contributed by atoms with Gasteiger partial charge in [0.05, 0.1) is 51.0 Å². The van der Waals surface area contributed by atoms with E-state index >= 15 is 0 Å². The molecule has 34 heavy (non-hydrogen) atoms. The number of nitrogen functional groups attached to an aromatic ring is 1. The number of aryl methyl sites for hydroxylation is 1. The minimum absolute atomic E-state index is 0.0559. The molecule has 0 saturated carbocycles. The number of hydrogen-bond acceptors (Lipinski definition) is 6. The van der Waals surface area contributed by atoms with Crippen molar-refractivity contribution in [3.63, 3.8) is 0 Å². The lowest BCUT2D eigenvalue weighted by atomic mass is 10.0. The normalized spacial score (nSPS) is 12.5. The predicted octanol–water partition coefficient (Wildman–Crippen LogP) is 2.91. The summed E-state index contributed by atoms with van der Waals surface area (Å²) in [4.78, 5) is 19.8. The van der Waals surface area contributed by atoms with Crippen LogP contribution in [0.3, 0.4) is 0 Å². The maximum atomic E-state index is 13.0. The standard InChI is InChI=1S/C25H28N6O3/c1-16-7-5-8-18-22(26)19-9-6-10-20(24(19)28-23(16)18)25(32)27-13-14-31(3,4)15-17-11-12-21(29(17)2)30(33)34/h5-12H,13-15H2,1-4H3,(H2-,26,27,28,32). The van der Waals surface area contributed by atoms with E-state index in [9.17, 15) is 15.2 Å². The third kappa shape index (κ3) is 4.29. The van der Waals surface area contributed by atoms with E-state index in [0.29, 0.717) is 40.9 Å². The molecule has 4 aromatic rings. The quantitative estimate of drug-likeness (QED) is 0.113. The third-order valence-corrected chi connectivity index (χ3v) is 6.25. The van der Waals surface area contributed by atoms with Crippen LogP contribution in [0.2, 0.25) is 0 Å². The fourth-order valence-corrected chi connectivity index (χ4v) is 4.24. The van der Waals surface area contributed by atoms with E-state index in [-0.39, 0.29) is 11.7 Å². The first-order chi connectivity index (χ1) is 16.1. The van der Waals surface area contributed by atoms with Gasteiger partial charge in [0.2, 0.25) is 0 Å². The van der Waals surface area contributed by atoms with Crippen LogP contribution in [-0.2, 0) is 13.6 Å². The highest BCUT2D eigenvalue weighted by molar-refractivity contribution is 6.13. The van der Waals surface area contributed by atoms with Crippen molar-refractivity contribution >= 4 is 39.2 Å². The van der Waals surface area contributed by atoms with Gasteiger partial charge in [0, 0.05) is 22.4 Å². The number of likely N-dealkylation sites (N-methyl/N-ethyl adjacent to an activating group) is 1. The molecule has 0 unspecified atom stereocenters. The van der Waals surface area contributed by atoms with Gasteiger partial charge in [-0.1, -0.05) is 36.4 Å². The molecule has 176 valence electrons. The molecule has 0 amide bonds. The number of quaternary nitrogens is 1. The fourth-order valence-electron chi connectivity index (χ4n) is 4.24. The number of fused-ring (bicyclic) bond motifs is 2. The van der Waals surface area contributed by atoms with Crippen LogP contribution in [-0.4, -0.2) is 52.0 Å². The summed E-state index contributed by atoms with van der Waals surface area (Å²) in [6.45, 7) is 3.45. The van der Waals surface area contributed by atoms with Gasteiger partial charge in [0.15, 0.2) is 5.69 Å². The van der Waals surface area contributed by atoms with Gasteiger partial charge in [-0.3, -0.25) is 4.99 Å². The minimum Gasteiger partial charge on any atom is -0.858 e. The van der Waals surface area contributed by atoms with Crippen LogP contribution >= 0.6 is 0 Å². The third-order valence-electron chi connectivity index (χ3n) is 6.25. The smallest absolute Gasteiger partial charge is 0.323 e. The van der Waals surface area contributed by atoms with Crippen molar-refractivity contribution in [2.75, 3.05) is 32.9 Å². The number of nitro groups is 1. The lowest BCUT2D eigenvalue weighted by molar-refractivity contribution is -0.902. The Morgan fingerprint density at radius 3 is 2.47 bits per heavy atom. The number of hydrogen-bond donors (Lipinski definition) is 1. The van der Waals surface area contributed by atoms with E-state index < -0.39 is 4.92 Å². The monoisotopic (exact) mass is 460 g/mol. The summed E-state index contributed by atoms with van der Waals surface area (Å²) in [6.07, 6.45) is 0. The van der Waals surface area contributed by atoms with Gasteiger partial charge < -0.3 is 25.4 Å². The predicted molar refractivity (Wildman–Crippen MR) is 133 cm³/mol. The molecule has 0 aliphatic rings. The minimum atomic E-state index is -0.396. The molecule has 0 aliphatic carbocycles. The molecule has 0 saturated heterocycles. The molecular weight excluding hydrogens is 432 g/mol. The van der Waals surface area contributed by atoms with Crippen molar-refractivity contribution in [3.8, 4) is 0 Å². The van der Waals surface area contributed by atoms with Crippen LogP contribution in [0, 0.1) is 17.0 Å². The largest absolute Gasteiger partial charge is 0.858 e. The molecule has 0 radical (unpaired) electrons. The fraction of sp³-hybridized carbons (Fsp3) is 0.280. The molecule has 2 aromatic heterocycles. The highest BCUT2D eigenvalue weighted by atomic mass is 16.6. The van der Waals surface area contributed by atoms with Crippen LogP contribution in [0.1, 0.15) is 16.8 Å². The van der Waals surface area contributed by atoms with Crippen molar-refractivity contribution in [3.05, 3.63) is 75.5 Å². The summed E-state index contributed by atoms with van der Waals surface area (Å²) in [6, 6.07) is 14.5. The maximum absolute atomic E-state index is 13.0. The number of benzene rings is 2. The van der Waals surface area contributed by atoms with E-state index in [4.69, 9.17) is 10.7 Å². The molecule has 0 spiro atoms. The molecule has 0 bridgehead atoms. The highest BCUT2D eigenvalue weighted by Gasteiger charge is 2.23. The van der Waals surface area contributed by atoms with Crippen LogP contribution in [0.15, 0.2) is 53.5 Å². The summed E-state index contributed by atoms with van der Waals surface area (Å²) in [5, 5.41) is 25.7. The van der Waals surface area contributed by atoms with Gasteiger partial charge >= 0.3 is 5.82 Å². The first-order valence-corrected chi connectivity index (χ1v) is 11.0. The Kier molecular flexibility index (Phi) is 5.97. The van der Waals surface area contributed by atoms with E-state index in [1.54, 1.807) is 29.8 Å². The molecule has 0 aliphatic heterocycles. The maximum Gasteiger partial charge on any atom is 0.323 e. The van der Waals surface area contributed by atoms with Crippen LogP contribution in [0.25, 0.3) is 21.8 Å². The van der Waals surface area contributed by atoms with Gasteiger partial charge in [-0.2, -0.15) is 0 Å². The van der Waals surface area contributed by atoms with E-state index in [1.807, 2.05) is 45.3 Å². The number of nitrogens with two attached hydrogens (primary N) is 1. The molecule has 0 fully saturated rings. The van der Waals surface area contributed by atoms with Crippen LogP contribution in [0.4, 0.5) is 11.5 Å². The van der Waals surface area contributed by atoms with Gasteiger partial charge in [-0.15, -0.1) is 0 Å². The molecule has 2 heterocycles. The topological polar surface area (TPSA) is 122 Å². The molecular formula is C25H28N6O3. The summed E-state index contributed by atoms with van der Waals surface area (Å²) in [5.74, 6) is -0.278. The van der Waals surface area contributed by atoms with Gasteiger partial charge in [-0.25, -0.2) is 9.55 Å². The van der Waals surface area contributed by atoms with Crippen molar-refractivity contribution in [2.45, 2.75) is 13.5 Å². The van der Waals surface area contributed by atoms with E-state index in [0.717, 1.165) is 27.5 Å². The zero-order valence-corrected chi connectivity index (χ0v) is 19.8. The zero-order chi connectivity index (χ0) is 24.6.